The summed E-state index contributed by atoms with van der Waals surface area (Å²) in [6, 6.07) is 14.5. The Morgan fingerprint density at radius 3 is 2.46 bits per heavy atom. The van der Waals surface area contributed by atoms with E-state index in [0.29, 0.717) is 5.57 Å². The van der Waals surface area contributed by atoms with E-state index in [1.54, 1.807) is 12.2 Å². The fraction of sp³-hybridized carbons (Fsp3) is 0.200. The molecule has 0 aliphatic heterocycles. The Kier molecular flexibility index (Phi) is 7.70. The standard InChI is InChI=1S/C15H14N2.C10H14O/c1-11-8-9-14-16-15(12(2)17(14)10-11)13-6-4-3-5-7-13;1-4-6-7-8-10(5-2)9(3)11/h3-10H,1-2H3;5-8H,2,4H2,1,3H3/b;7-6-,10-8+. The third-order valence-corrected chi connectivity index (χ3v) is 4.33. The molecule has 3 heteroatoms. The van der Waals surface area contributed by atoms with Crippen LogP contribution in [0.1, 0.15) is 31.5 Å². The number of allylic oxidation sites excluding steroid dienone is 5. The molecule has 0 spiro atoms. The summed E-state index contributed by atoms with van der Waals surface area (Å²) in [5.41, 5.74) is 6.34. The summed E-state index contributed by atoms with van der Waals surface area (Å²) in [4.78, 5) is 15.5. The van der Waals surface area contributed by atoms with Gasteiger partial charge in [-0.2, -0.15) is 0 Å². The maximum absolute atomic E-state index is 10.8. The molecule has 0 aliphatic carbocycles. The molecule has 2 aromatic heterocycles. The monoisotopic (exact) mass is 372 g/mol. The van der Waals surface area contributed by atoms with E-state index in [9.17, 15) is 4.79 Å². The van der Waals surface area contributed by atoms with E-state index in [1.807, 2.05) is 37.3 Å². The van der Waals surface area contributed by atoms with Gasteiger partial charge in [0.05, 0.1) is 5.69 Å². The molecular weight excluding hydrogens is 344 g/mol. The van der Waals surface area contributed by atoms with E-state index < -0.39 is 0 Å². The van der Waals surface area contributed by atoms with Crippen molar-refractivity contribution in [2.24, 2.45) is 0 Å². The number of ketones is 1. The van der Waals surface area contributed by atoms with Gasteiger partial charge in [0, 0.05) is 23.0 Å². The Morgan fingerprint density at radius 2 is 1.86 bits per heavy atom. The van der Waals surface area contributed by atoms with Crippen LogP contribution in [-0.4, -0.2) is 15.2 Å². The van der Waals surface area contributed by atoms with Gasteiger partial charge in [-0.3, -0.25) is 4.79 Å². The fourth-order valence-electron chi connectivity index (χ4n) is 2.77. The first-order chi connectivity index (χ1) is 13.5. The lowest BCUT2D eigenvalue weighted by Crippen LogP contribution is -1.90. The molecule has 3 rings (SSSR count). The van der Waals surface area contributed by atoms with Crippen LogP contribution in [0.3, 0.4) is 0 Å². The smallest absolute Gasteiger partial charge is 0.159 e. The number of pyridine rings is 1. The first-order valence-corrected chi connectivity index (χ1v) is 9.48. The van der Waals surface area contributed by atoms with Crippen LogP contribution < -0.4 is 0 Å². The average Bonchev–Trinajstić information content (AvgIpc) is 3.02. The van der Waals surface area contributed by atoms with Gasteiger partial charge in [0.15, 0.2) is 5.78 Å². The number of carbonyl (C=O) groups is 1. The number of imidazole rings is 1. The lowest BCUT2D eigenvalue weighted by molar-refractivity contribution is -0.113. The van der Waals surface area contributed by atoms with Gasteiger partial charge >= 0.3 is 0 Å². The third kappa shape index (κ3) is 5.40. The quantitative estimate of drug-likeness (QED) is 0.390. The van der Waals surface area contributed by atoms with E-state index in [-0.39, 0.29) is 5.78 Å². The topological polar surface area (TPSA) is 34.4 Å². The van der Waals surface area contributed by atoms with E-state index in [0.717, 1.165) is 17.8 Å². The zero-order valence-corrected chi connectivity index (χ0v) is 17.1. The summed E-state index contributed by atoms with van der Waals surface area (Å²) >= 11 is 0. The minimum absolute atomic E-state index is 0.0563. The Hall–Kier alpha value is -3.20. The number of aromatic nitrogens is 2. The molecule has 3 aromatic rings. The van der Waals surface area contributed by atoms with Crippen molar-refractivity contribution < 1.29 is 4.79 Å². The highest BCUT2D eigenvalue weighted by molar-refractivity contribution is 5.96. The van der Waals surface area contributed by atoms with Gasteiger partial charge in [-0.25, -0.2) is 4.98 Å². The van der Waals surface area contributed by atoms with E-state index in [2.05, 4.69) is 60.3 Å². The molecular formula is C25H28N2O. The molecule has 0 atom stereocenters. The zero-order valence-electron chi connectivity index (χ0n) is 17.1. The second-order valence-electron chi connectivity index (χ2n) is 6.57. The van der Waals surface area contributed by atoms with Crippen molar-refractivity contribution in [3.05, 3.63) is 96.4 Å². The number of hydrogen-bond acceptors (Lipinski definition) is 2. The second-order valence-corrected chi connectivity index (χ2v) is 6.57. The molecule has 3 nitrogen and oxygen atoms in total. The predicted molar refractivity (Wildman–Crippen MR) is 118 cm³/mol. The van der Waals surface area contributed by atoms with Crippen molar-refractivity contribution in [2.45, 2.75) is 34.1 Å². The Bertz CT molecular complexity index is 1010. The maximum atomic E-state index is 10.8. The van der Waals surface area contributed by atoms with Crippen LogP contribution in [0.15, 0.2) is 85.1 Å². The Labute approximate surface area is 167 Å². The van der Waals surface area contributed by atoms with Crippen LogP contribution >= 0.6 is 0 Å². The lowest BCUT2D eigenvalue weighted by atomic mass is 10.1. The molecule has 0 N–H and O–H groups in total. The van der Waals surface area contributed by atoms with Crippen LogP contribution in [0.5, 0.6) is 0 Å². The third-order valence-electron chi connectivity index (χ3n) is 4.33. The molecule has 2 heterocycles. The van der Waals surface area contributed by atoms with Crippen LogP contribution in [0, 0.1) is 13.8 Å². The van der Waals surface area contributed by atoms with Crippen molar-refractivity contribution in [1.29, 1.82) is 0 Å². The number of Topliss-reactive ketones (excluding diaryl/α,β-unsaturated/α-hetero) is 1. The number of fused-ring (bicyclic) bond motifs is 1. The van der Waals surface area contributed by atoms with Gasteiger partial charge in [-0.1, -0.05) is 74.2 Å². The first-order valence-electron chi connectivity index (χ1n) is 9.48. The highest BCUT2D eigenvalue weighted by atomic mass is 16.1. The summed E-state index contributed by atoms with van der Waals surface area (Å²) in [7, 11) is 0. The van der Waals surface area contributed by atoms with Gasteiger partial charge in [-0.15, -0.1) is 0 Å². The summed E-state index contributed by atoms with van der Waals surface area (Å²) in [5, 5.41) is 0. The van der Waals surface area contributed by atoms with Gasteiger partial charge in [0.1, 0.15) is 5.65 Å². The molecule has 28 heavy (non-hydrogen) atoms. The summed E-state index contributed by atoms with van der Waals surface area (Å²) < 4.78 is 2.15. The van der Waals surface area contributed by atoms with Crippen molar-refractivity contribution in [2.75, 3.05) is 0 Å². The summed E-state index contributed by atoms with van der Waals surface area (Å²) in [6.07, 6.45) is 10.3. The first kappa shape index (κ1) is 21.1. The van der Waals surface area contributed by atoms with Crippen molar-refractivity contribution in [1.82, 2.24) is 9.38 Å². The average molecular weight is 373 g/mol. The van der Waals surface area contributed by atoms with Gasteiger partial charge in [-0.05, 0) is 38.8 Å². The minimum atomic E-state index is 0.0563. The molecule has 0 saturated heterocycles. The lowest BCUT2D eigenvalue weighted by Gasteiger charge is -1.99. The summed E-state index contributed by atoms with van der Waals surface area (Å²) in [5.74, 6) is 0.0563. The Balaban J connectivity index is 0.000000224. The molecule has 0 unspecified atom stereocenters. The number of carbonyl (C=O) groups excluding carboxylic acids is 1. The number of aryl methyl sites for hydroxylation is 2. The Morgan fingerprint density at radius 1 is 1.14 bits per heavy atom. The normalized spacial score (nSPS) is 11.4. The SMILES string of the molecule is C=C/C(=C\C=C/CC)C(C)=O.Cc1ccc2nc(-c3ccccc3)c(C)n2c1. The highest BCUT2D eigenvalue weighted by Crippen LogP contribution is 2.23. The van der Waals surface area contributed by atoms with Crippen molar-refractivity contribution in [3.8, 4) is 11.3 Å². The zero-order chi connectivity index (χ0) is 20.5. The largest absolute Gasteiger partial charge is 0.303 e. The van der Waals surface area contributed by atoms with Crippen molar-refractivity contribution >= 4 is 11.4 Å². The minimum Gasteiger partial charge on any atom is -0.303 e. The molecule has 0 bridgehead atoms. The molecule has 0 fully saturated rings. The van der Waals surface area contributed by atoms with E-state index in [1.165, 1.54) is 23.7 Å². The van der Waals surface area contributed by atoms with Gasteiger partial charge < -0.3 is 4.40 Å². The molecule has 0 radical (unpaired) electrons. The number of nitrogens with zero attached hydrogens (tertiary/aromatic N) is 2. The number of rotatable bonds is 5. The van der Waals surface area contributed by atoms with Gasteiger partial charge in [0.2, 0.25) is 0 Å². The highest BCUT2D eigenvalue weighted by Gasteiger charge is 2.09. The molecule has 1 aromatic carbocycles. The number of hydrogen-bond donors (Lipinski definition) is 0. The summed E-state index contributed by atoms with van der Waals surface area (Å²) in [6.45, 7) is 11.3. The van der Waals surface area contributed by atoms with Crippen molar-refractivity contribution in [3.63, 3.8) is 0 Å². The molecule has 144 valence electrons. The van der Waals surface area contributed by atoms with Crippen LogP contribution in [0.25, 0.3) is 16.9 Å². The molecule has 0 aliphatic rings. The van der Waals surface area contributed by atoms with Gasteiger partial charge in [0.25, 0.3) is 0 Å². The van der Waals surface area contributed by atoms with Crippen LogP contribution in [-0.2, 0) is 4.79 Å². The van der Waals surface area contributed by atoms with Crippen LogP contribution in [0.2, 0.25) is 0 Å². The van der Waals surface area contributed by atoms with E-state index >= 15 is 0 Å². The van der Waals surface area contributed by atoms with Crippen LogP contribution in [0.4, 0.5) is 0 Å². The predicted octanol–water partition coefficient (Wildman–Crippen LogP) is 6.27. The second kappa shape index (κ2) is 10.2. The fourth-order valence-corrected chi connectivity index (χ4v) is 2.77. The maximum Gasteiger partial charge on any atom is 0.159 e. The number of benzene rings is 1. The molecule has 0 amide bonds. The van der Waals surface area contributed by atoms with E-state index in [4.69, 9.17) is 0 Å². The molecule has 0 saturated carbocycles.